The molecular formula is C13H19NO3. The van der Waals surface area contributed by atoms with E-state index >= 15 is 0 Å². The van der Waals surface area contributed by atoms with E-state index in [0.717, 1.165) is 5.76 Å². The minimum absolute atomic E-state index is 0.0975. The Balaban J connectivity index is 2.45. The lowest BCUT2D eigenvalue weighted by molar-refractivity contribution is -0.124. The number of carbonyl (C=O) groups excluding carboxylic acids is 1. The molecule has 94 valence electrons. The van der Waals surface area contributed by atoms with Crippen molar-refractivity contribution in [2.45, 2.75) is 26.4 Å². The van der Waals surface area contributed by atoms with Crippen LogP contribution in [-0.2, 0) is 4.79 Å². The maximum Gasteiger partial charge on any atom is 0.246 e. The van der Waals surface area contributed by atoms with Gasteiger partial charge in [0.2, 0.25) is 5.91 Å². The summed E-state index contributed by atoms with van der Waals surface area (Å²) in [5.41, 5.74) is 0. The Bertz CT molecular complexity index is 393. The van der Waals surface area contributed by atoms with Gasteiger partial charge in [0, 0.05) is 19.7 Å². The van der Waals surface area contributed by atoms with Gasteiger partial charge in [0.25, 0.3) is 0 Å². The minimum atomic E-state index is -0.387. The van der Waals surface area contributed by atoms with Crippen LogP contribution in [0.1, 0.15) is 24.9 Å². The van der Waals surface area contributed by atoms with E-state index < -0.39 is 0 Å². The zero-order valence-electron chi connectivity index (χ0n) is 10.5. The molecule has 1 N–H and O–H groups in total. The molecule has 1 aromatic rings. The smallest absolute Gasteiger partial charge is 0.246 e. The number of aryl methyl sites for hydroxylation is 1. The molecule has 0 aliphatic carbocycles. The van der Waals surface area contributed by atoms with Crippen LogP contribution in [0.2, 0.25) is 0 Å². The Labute approximate surface area is 102 Å². The summed E-state index contributed by atoms with van der Waals surface area (Å²) in [5, 5.41) is 9.12. The van der Waals surface area contributed by atoms with Gasteiger partial charge in [0.1, 0.15) is 11.5 Å². The first-order valence-electron chi connectivity index (χ1n) is 5.66. The van der Waals surface area contributed by atoms with Gasteiger partial charge >= 0.3 is 0 Å². The average Bonchev–Trinajstić information content (AvgIpc) is 2.68. The van der Waals surface area contributed by atoms with E-state index in [9.17, 15) is 4.79 Å². The molecule has 0 aromatic carbocycles. The molecule has 0 saturated carbocycles. The maximum absolute atomic E-state index is 11.7. The largest absolute Gasteiger partial charge is 0.462 e. The number of likely N-dealkylation sites (N-methyl/N-ethyl adjacent to an activating group) is 1. The molecule has 1 heterocycles. The Kier molecular flexibility index (Phi) is 4.97. The first-order valence-corrected chi connectivity index (χ1v) is 5.66. The normalized spacial score (nSPS) is 12.9. The quantitative estimate of drug-likeness (QED) is 0.795. The molecule has 0 radical (unpaired) electrons. The molecule has 0 saturated heterocycles. The zero-order chi connectivity index (χ0) is 12.8. The van der Waals surface area contributed by atoms with Crippen LogP contribution in [0.4, 0.5) is 0 Å². The predicted molar refractivity (Wildman–Crippen MR) is 66.4 cm³/mol. The van der Waals surface area contributed by atoms with Gasteiger partial charge in [0.05, 0.1) is 6.10 Å². The summed E-state index contributed by atoms with van der Waals surface area (Å²) in [6.07, 6.45) is 3.31. The van der Waals surface area contributed by atoms with Crippen LogP contribution in [0.15, 0.2) is 22.6 Å². The molecule has 0 aliphatic heterocycles. The zero-order valence-corrected chi connectivity index (χ0v) is 10.5. The van der Waals surface area contributed by atoms with E-state index in [0.29, 0.717) is 18.7 Å². The molecule has 0 spiro atoms. The van der Waals surface area contributed by atoms with E-state index in [2.05, 4.69) is 0 Å². The number of carbonyl (C=O) groups is 1. The lowest BCUT2D eigenvalue weighted by atomic mass is 10.2. The average molecular weight is 237 g/mol. The van der Waals surface area contributed by atoms with Crippen LogP contribution in [0.25, 0.3) is 6.08 Å². The van der Waals surface area contributed by atoms with Crippen LogP contribution < -0.4 is 0 Å². The molecule has 1 rings (SSSR count). The monoisotopic (exact) mass is 237 g/mol. The Morgan fingerprint density at radius 2 is 2.29 bits per heavy atom. The van der Waals surface area contributed by atoms with E-state index in [-0.39, 0.29) is 12.0 Å². The van der Waals surface area contributed by atoms with E-state index in [1.807, 2.05) is 19.1 Å². The molecule has 0 aliphatic rings. The Morgan fingerprint density at radius 1 is 1.59 bits per heavy atom. The van der Waals surface area contributed by atoms with Gasteiger partial charge in [0.15, 0.2) is 0 Å². The number of aliphatic hydroxyl groups excluding tert-OH is 1. The first-order chi connectivity index (χ1) is 7.99. The summed E-state index contributed by atoms with van der Waals surface area (Å²) >= 11 is 0. The maximum atomic E-state index is 11.7. The van der Waals surface area contributed by atoms with Crippen molar-refractivity contribution in [2.24, 2.45) is 0 Å². The van der Waals surface area contributed by atoms with Gasteiger partial charge in [-0.2, -0.15) is 0 Å². The molecule has 4 heteroatoms. The fourth-order valence-corrected chi connectivity index (χ4v) is 1.31. The van der Waals surface area contributed by atoms with Crippen molar-refractivity contribution in [1.82, 2.24) is 4.90 Å². The van der Waals surface area contributed by atoms with Crippen molar-refractivity contribution in [3.8, 4) is 0 Å². The SMILES string of the molecule is Cc1ccc(/C=C/C(=O)N(C)CCC(C)O)o1. The number of amides is 1. The fraction of sp³-hybridized carbons (Fsp3) is 0.462. The highest BCUT2D eigenvalue weighted by atomic mass is 16.3. The van der Waals surface area contributed by atoms with Gasteiger partial charge in [-0.15, -0.1) is 0 Å². The molecule has 1 unspecified atom stereocenters. The van der Waals surface area contributed by atoms with Crippen molar-refractivity contribution >= 4 is 12.0 Å². The third-order valence-corrected chi connectivity index (χ3v) is 2.41. The molecular weight excluding hydrogens is 218 g/mol. The number of furan rings is 1. The second-order valence-corrected chi connectivity index (χ2v) is 4.18. The van der Waals surface area contributed by atoms with Crippen molar-refractivity contribution in [2.75, 3.05) is 13.6 Å². The van der Waals surface area contributed by atoms with Gasteiger partial charge in [-0.25, -0.2) is 0 Å². The van der Waals surface area contributed by atoms with E-state index in [4.69, 9.17) is 9.52 Å². The lowest BCUT2D eigenvalue weighted by Gasteiger charge is -2.15. The van der Waals surface area contributed by atoms with Crippen molar-refractivity contribution in [1.29, 1.82) is 0 Å². The second-order valence-electron chi connectivity index (χ2n) is 4.18. The van der Waals surface area contributed by atoms with Crippen LogP contribution in [0.3, 0.4) is 0 Å². The van der Waals surface area contributed by atoms with E-state index in [1.54, 1.807) is 24.9 Å². The fourth-order valence-electron chi connectivity index (χ4n) is 1.31. The highest BCUT2D eigenvalue weighted by Crippen LogP contribution is 2.08. The summed E-state index contributed by atoms with van der Waals surface area (Å²) in [4.78, 5) is 13.2. The van der Waals surface area contributed by atoms with Gasteiger partial charge in [-0.05, 0) is 38.5 Å². The highest BCUT2D eigenvalue weighted by Gasteiger charge is 2.06. The number of rotatable bonds is 5. The predicted octanol–water partition coefficient (Wildman–Crippen LogP) is 1.83. The van der Waals surface area contributed by atoms with Crippen LogP contribution in [0, 0.1) is 6.92 Å². The Hall–Kier alpha value is -1.55. The summed E-state index contributed by atoms with van der Waals surface area (Å²) in [7, 11) is 1.71. The molecule has 1 aromatic heterocycles. The third kappa shape index (κ3) is 4.87. The number of aliphatic hydroxyl groups is 1. The highest BCUT2D eigenvalue weighted by molar-refractivity contribution is 5.91. The number of hydrogen-bond donors (Lipinski definition) is 1. The third-order valence-electron chi connectivity index (χ3n) is 2.41. The second kappa shape index (κ2) is 6.25. The van der Waals surface area contributed by atoms with Gasteiger partial charge in [-0.3, -0.25) is 4.79 Å². The van der Waals surface area contributed by atoms with Crippen molar-refractivity contribution in [3.05, 3.63) is 29.7 Å². The molecule has 17 heavy (non-hydrogen) atoms. The van der Waals surface area contributed by atoms with Gasteiger partial charge in [-0.1, -0.05) is 0 Å². The standard InChI is InChI=1S/C13H19NO3/c1-10(15)8-9-14(3)13(16)7-6-12-5-4-11(2)17-12/h4-7,10,15H,8-9H2,1-3H3/b7-6+. The van der Waals surface area contributed by atoms with Crippen molar-refractivity contribution in [3.63, 3.8) is 0 Å². The molecule has 1 atom stereocenters. The lowest BCUT2D eigenvalue weighted by Crippen LogP contribution is -2.27. The topological polar surface area (TPSA) is 53.7 Å². The minimum Gasteiger partial charge on any atom is -0.462 e. The summed E-state index contributed by atoms with van der Waals surface area (Å²) in [6.45, 7) is 4.10. The number of nitrogens with zero attached hydrogens (tertiary/aromatic N) is 1. The molecule has 0 fully saturated rings. The van der Waals surface area contributed by atoms with Gasteiger partial charge < -0.3 is 14.4 Å². The van der Waals surface area contributed by atoms with Crippen LogP contribution in [-0.4, -0.2) is 35.6 Å². The molecule has 0 bridgehead atoms. The molecule has 4 nitrogen and oxygen atoms in total. The summed E-state index contributed by atoms with van der Waals surface area (Å²) in [5.74, 6) is 1.39. The summed E-state index contributed by atoms with van der Waals surface area (Å²) in [6, 6.07) is 3.66. The van der Waals surface area contributed by atoms with E-state index in [1.165, 1.54) is 6.08 Å². The number of hydrogen-bond acceptors (Lipinski definition) is 3. The summed E-state index contributed by atoms with van der Waals surface area (Å²) < 4.78 is 5.31. The molecule has 1 amide bonds. The van der Waals surface area contributed by atoms with Crippen LogP contribution in [0.5, 0.6) is 0 Å². The first kappa shape index (κ1) is 13.5. The van der Waals surface area contributed by atoms with Crippen molar-refractivity contribution < 1.29 is 14.3 Å². The Morgan fingerprint density at radius 3 is 2.82 bits per heavy atom. The van der Waals surface area contributed by atoms with Crippen LogP contribution >= 0.6 is 0 Å².